The van der Waals surface area contributed by atoms with Crippen LogP contribution in [0.4, 0.5) is 0 Å². The number of benzene rings is 1. The maximum Gasteiger partial charge on any atom is 0.328 e. The number of carbonyl (C=O) groups is 2. The van der Waals surface area contributed by atoms with Gasteiger partial charge in [0.1, 0.15) is 12.1 Å². The summed E-state index contributed by atoms with van der Waals surface area (Å²) in [6.45, 7) is 5.63. The van der Waals surface area contributed by atoms with Gasteiger partial charge in [-0.15, -0.1) is 0 Å². The summed E-state index contributed by atoms with van der Waals surface area (Å²) in [5.74, 6) is -1.37. The summed E-state index contributed by atoms with van der Waals surface area (Å²) in [5, 5.41) is 12.6. The van der Waals surface area contributed by atoms with Crippen molar-refractivity contribution in [3.8, 4) is 11.5 Å². The number of nitrogens with zero attached hydrogens (tertiary/aromatic N) is 1. The molecule has 1 heterocycles. The summed E-state index contributed by atoms with van der Waals surface area (Å²) in [5.41, 5.74) is 3.38. The lowest BCUT2D eigenvalue weighted by molar-refractivity contribution is -0.151. The van der Waals surface area contributed by atoms with Gasteiger partial charge >= 0.3 is 5.97 Å². The van der Waals surface area contributed by atoms with E-state index < -0.39 is 17.9 Å². The minimum absolute atomic E-state index is 0.0900. The molecule has 1 aromatic heterocycles. The molecule has 1 aliphatic carbocycles. The zero-order valence-electron chi connectivity index (χ0n) is 16.4. The Morgan fingerprint density at radius 2 is 2.07 bits per heavy atom. The van der Waals surface area contributed by atoms with E-state index in [1.807, 2.05) is 13.0 Å². The molecule has 1 amide bonds. The molecule has 0 aliphatic heterocycles. The number of fused-ring (bicyclic) bond motifs is 1. The first-order chi connectivity index (χ1) is 13.3. The number of methoxy groups -OCH3 is 1. The second-order valence-electron chi connectivity index (χ2n) is 7.02. The first-order valence-corrected chi connectivity index (χ1v) is 9.15. The number of aromatic nitrogens is 1. The number of rotatable bonds is 5. The van der Waals surface area contributed by atoms with E-state index in [2.05, 4.69) is 29.4 Å². The van der Waals surface area contributed by atoms with Gasteiger partial charge in [0.25, 0.3) is 5.91 Å². The molecule has 28 heavy (non-hydrogen) atoms. The summed E-state index contributed by atoms with van der Waals surface area (Å²) in [6.07, 6.45) is 1.73. The maximum atomic E-state index is 12.5. The van der Waals surface area contributed by atoms with E-state index in [-0.39, 0.29) is 29.2 Å². The second-order valence-corrected chi connectivity index (χ2v) is 7.02. The largest absolute Gasteiger partial charge is 0.503 e. The molecular weight excluding hydrogens is 360 g/mol. The molecule has 2 N–H and O–H groups in total. The number of hydrogen-bond acceptors (Lipinski definition) is 6. The quantitative estimate of drug-likeness (QED) is 0.769. The van der Waals surface area contributed by atoms with Crippen LogP contribution in [0, 0.1) is 6.92 Å². The minimum Gasteiger partial charge on any atom is -0.503 e. The minimum atomic E-state index is -0.892. The van der Waals surface area contributed by atoms with Crippen molar-refractivity contribution in [1.82, 2.24) is 10.3 Å². The number of hydrogen-bond donors (Lipinski definition) is 2. The zero-order chi connectivity index (χ0) is 20.4. The average molecular weight is 384 g/mol. The van der Waals surface area contributed by atoms with E-state index >= 15 is 0 Å². The van der Waals surface area contributed by atoms with E-state index in [1.165, 1.54) is 43.0 Å². The van der Waals surface area contributed by atoms with Crippen LogP contribution in [0.15, 0.2) is 30.5 Å². The van der Waals surface area contributed by atoms with E-state index in [4.69, 9.17) is 9.47 Å². The molecule has 0 saturated heterocycles. The summed E-state index contributed by atoms with van der Waals surface area (Å²) in [6, 6.07) is 6.65. The highest BCUT2D eigenvalue weighted by atomic mass is 16.5. The molecule has 0 fully saturated rings. The third-order valence-corrected chi connectivity index (χ3v) is 5.14. The lowest BCUT2D eigenvalue weighted by Gasteiger charge is -2.21. The molecule has 0 radical (unpaired) electrons. The Morgan fingerprint density at radius 1 is 1.32 bits per heavy atom. The molecular formula is C21H24N2O5. The number of amides is 1. The SMILES string of the molecule is COc1ccnc(C(=O)N[C@@H](C)C(=O)OC2Cc3cccc(C)c3C2C)c1O. The smallest absolute Gasteiger partial charge is 0.328 e. The summed E-state index contributed by atoms with van der Waals surface area (Å²) in [7, 11) is 1.37. The predicted molar refractivity (Wildman–Crippen MR) is 103 cm³/mol. The highest BCUT2D eigenvalue weighted by Crippen LogP contribution is 2.37. The van der Waals surface area contributed by atoms with Gasteiger partial charge in [-0.1, -0.05) is 25.1 Å². The number of aryl methyl sites for hydroxylation is 1. The van der Waals surface area contributed by atoms with Gasteiger partial charge in [0, 0.05) is 24.6 Å². The Balaban J connectivity index is 1.64. The van der Waals surface area contributed by atoms with E-state index in [0.29, 0.717) is 6.42 Å². The van der Waals surface area contributed by atoms with Crippen LogP contribution >= 0.6 is 0 Å². The third-order valence-electron chi connectivity index (χ3n) is 5.14. The van der Waals surface area contributed by atoms with Crippen molar-refractivity contribution in [3.63, 3.8) is 0 Å². The van der Waals surface area contributed by atoms with Gasteiger partial charge in [0.2, 0.25) is 0 Å². The van der Waals surface area contributed by atoms with Crippen LogP contribution in [0.3, 0.4) is 0 Å². The second kappa shape index (κ2) is 7.88. The highest BCUT2D eigenvalue weighted by molar-refractivity contribution is 5.97. The average Bonchev–Trinajstić information content (AvgIpc) is 2.98. The van der Waals surface area contributed by atoms with Crippen LogP contribution in [0.25, 0.3) is 0 Å². The Kier molecular flexibility index (Phi) is 5.53. The van der Waals surface area contributed by atoms with Crippen LogP contribution < -0.4 is 10.1 Å². The number of nitrogens with one attached hydrogen (secondary N) is 1. The van der Waals surface area contributed by atoms with Crippen LogP contribution in [-0.2, 0) is 16.0 Å². The molecule has 1 aliphatic rings. The summed E-state index contributed by atoms with van der Waals surface area (Å²) >= 11 is 0. The van der Waals surface area contributed by atoms with Crippen molar-refractivity contribution >= 4 is 11.9 Å². The van der Waals surface area contributed by atoms with Crippen molar-refractivity contribution in [1.29, 1.82) is 0 Å². The molecule has 2 aromatic rings. The van der Waals surface area contributed by atoms with Gasteiger partial charge in [0.15, 0.2) is 17.2 Å². The number of esters is 1. The van der Waals surface area contributed by atoms with Crippen molar-refractivity contribution in [2.75, 3.05) is 7.11 Å². The first-order valence-electron chi connectivity index (χ1n) is 9.15. The van der Waals surface area contributed by atoms with Gasteiger partial charge in [-0.25, -0.2) is 9.78 Å². The number of carbonyl (C=O) groups excluding carboxylic acids is 2. The lowest BCUT2D eigenvalue weighted by atomic mass is 9.97. The normalized spacial score (nSPS) is 18.9. The van der Waals surface area contributed by atoms with E-state index in [9.17, 15) is 14.7 Å². The van der Waals surface area contributed by atoms with E-state index in [0.717, 1.165) is 0 Å². The maximum absolute atomic E-state index is 12.5. The Bertz CT molecular complexity index is 912. The molecule has 7 heteroatoms. The number of pyridine rings is 1. The molecule has 148 valence electrons. The van der Waals surface area contributed by atoms with Crippen molar-refractivity contribution in [2.45, 2.75) is 45.3 Å². The van der Waals surface area contributed by atoms with Gasteiger partial charge in [-0.2, -0.15) is 0 Å². The molecule has 0 saturated carbocycles. The fraction of sp³-hybridized carbons (Fsp3) is 0.381. The molecule has 1 aromatic carbocycles. The van der Waals surface area contributed by atoms with Crippen molar-refractivity contribution in [2.24, 2.45) is 0 Å². The lowest BCUT2D eigenvalue weighted by Crippen LogP contribution is -2.41. The monoisotopic (exact) mass is 384 g/mol. The fourth-order valence-corrected chi connectivity index (χ4v) is 3.64. The molecule has 0 bridgehead atoms. The van der Waals surface area contributed by atoms with Crippen LogP contribution in [0.5, 0.6) is 11.5 Å². The van der Waals surface area contributed by atoms with E-state index in [1.54, 1.807) is 0 Å². The topological polar surface area (TPSA) is 97.8 Å². The summed E-state index contributed by atoms with van der Waals surface area (Å²) in [4.78, 5) is 28.7. The third kappa shape index (κ3) is 3.65. The van der Waals surface area contributed by atoms with Crippen LogP contribution in [0.1, 0.15) is 46.9 Å². The number of ether oxygens (including phenoxy) is 2. The van der Waals surface area contributed by atoms with Crippen LogP contribution in [-0.4, -0.2) is 41.2 Å². The Morgan fingerprint density at radius 3 is 2.75 bits per heavy atom. The first kappa shape index (κ1) is 19.7. The highest BCUT2D eigenvalue weighted by Gasteiger charge is 2.34. The zero-order valence-corrected chi connectivity index (χ0v) is 16.4. The van der Waals surface area contributed by atoms with Gasteiger partial charge in [-0.05, 0) is 30.5 Å². The van der Waals surface area contributed by atoms with Gasteiger partial charge < -0.3 is 19.9 Å². The molecule has 2 unspecified atom stereocenters. The van der Waals surface area contributed by atoms with Gasteiger partial charge in [0.05, 0.1) is 7.11 Å². The molecule has 3 rings (SSSR count). The van der Waals surface area contributed by atoms with Crippen molar-refractivity contribution < 1.29 is 24.2 Å². The number of aromatic hydroxyl groups is 1. The Hall–Kier alpha value is -3.09. The standard InChI is InChI=1S/C21H24N2O5/c1-11-6-5-7-14-10-16(12(2)17(11)14)28-21(26)13(3)23-20(25)18-19(24)15(27-4)8-9-22-18/h5-9,12-13,16,24H,10H2,1-4H3,(H,23,25)/t12?,13-,16?/m0/s1. The predicted octanol–water partition coefficient (Wildman–Crippen LogP) is 2.49. The van der Waals surface area contributed by atoms with Crippen molar-refractivity contribution in [3.05, 3.63) is 52.8 Å². The Labute approximate surface area is 163 Å². The molecule has 7 nitrogen and oxygen atoms in total. The fourth-order valence-electron chi connectivity index (χ4n) is 3.64. The molecule has 0 spiro atoms. The summed E-state index contributed by atoms with van der Waals surface area (Å²) < 4.78 is 10.6. The van der Waals surface area contributed by atoms with Gasteiger partial charge in [-0.3, -0.25) is 4.79 Å². The molecule has 3 atom stereocenters. The van der Waals surface area contributed by atoms with Crippen LogP contribution in [0.2, 0.25) is 0 Å².